The molecule has 0 aromatic heterocycles. The van der Waals surface area contributed by atoms with Crippen LogP contribution >= 0.6 is 0 Å². The number of carbonyl (C=O) groups excluding carboxylic acids is 3. The molecule has 6 nitrogen and oxygen atoms in total. The SMILES string of the molecule is CC(=O)CC[C@@H](NC(=O)c1ccc(C#N)cc1)C(N)=O. The van der Waals surface area contributed by atoms with E-state index >= 15 is 0 Å². The molecular weight excluding hydrogens is 258 g/mol. The third-order valence-electron chi connectivity index (χ3n) is 2.71. The number of hydrogen-bond donors (Lipinski definition) is 2. The predicted molar refractivity (Wildman–Crippen MR) is 71.5 cm³/mol. The van der Waals surface area contributed by atoms with Gasteiger partial charge in [0, 0.05) is 12.0 Å². The summed E-state index contributed by atoms with van der Waals surface area (Å²) in [5.41, 5.74) is 5.94. The molecule has 1 rings (SSSR count). The quantitative estimate of drug-likeness (QED) is 0.786. The Labute approximate surface area is 116 Å². The number of primary amides is 1. The van der Waals surface area contributed by atoms with Gasteiger partial charge in [0.2, 0.25) is 5.91 Å². The van der Waals surface area contributed by atoms with Gasteiger partial charge in [-0.05, 0) is 37.6 Å². The molecule has 2 amide bonds. The van der Waals surface area contributed by atoms with E-state index in [0.29, 0.717) is 11.1 Å². The summed E-state index contributed by atoms with van der Waals surface area (Å²) in [7, 11) is 0. The minimum Gasteiger partial charge on any atom is -0.368 e. The fraction of sp³-hybridized carbons (Fsp3) is 0.286. The lowest BCUT2D eigenvalue weighted by molar-refractivity contribution is -0.120. The molecule has 20 heavy (non-hydrogen) atoms. The first-order valence-corrected chi connectivity index (χ1v) is 6.04. The third kappa shape index (κ3) is 4.53. The topological polar surface area (TPSA) is 113 Å². The molecule has 1 aromatic carbocycles. The lowest BCUT2D eigenvalue weighted by Gasteiger charge is -2.14. The Balaban J connectivity index is 2.72. The molecule has 0 unspecified atom stereocenters. The fourth-order valence-corrected chi connectivity index (χ4v) is 1.57. The van der Waals surface area contributed by atoms with Crippen molar-refractivity contribution >= 4 is 17.6 Å². The Morgan fingerprint density at radius 2 is 1.90 bits per heavy atom. The molecule has 0 bridgehead atoms. The third-order valence-corrected chi connectivity index (χ3v) is 2.71. The summed E-state index contributed by atoms with van der Waals surface area (Å²) in [6.07, 6.45) is 0.341. The van der Waals surface area contributed by atoms with Crippen molar-refractivity contribution in [2.45, 2.75) is 25.8 Å². The van der Waals surface area contributed by atoms with Crippen LogP contribution in [0.4, 0.5) is 0 Å². The summed E-state index contributed by atoms with van der Waals surface area (Å²) in [6.45, 7) is 1.40. The van der Waals surface area contributed by atoms with Gasteiger partial charge in [0.15, 0.2) is 0 Å². The Kier molecular flexibility index (Phi) is 5.42. The highest BCUT2D eigenvalue weighted by atomic mass is 16.2. The van der Waals surface area contributed by atoms with E-state index in [-0.39, 0.29) is 18.6 Å². The zero-order valence-electron chi connectivity index (χ0n) is 11.1. The molecular formula is C14H15N3O3. The van der Waals surface area contributed by atoms with E-state index in [1.807, 2.05) is 6.07 Å². The monoisotopic (exact) mass is 273 g/mol. The smallest absolute Gasteiger partial charge is 0.251 e. The van der Waals surface area contributed by atoms with Gasteiger partial charge < -0.3 is 15.8 Å². The van der Waals surface area contributed by atoms with Crippen molar-refractivity contribution in [1.29, 1.82) is 5.26 Å². The second-order valence-corrected chi connectivity index (χ2v) is 4.36. The standard InChI is InChI=1S/C14H15N3O3/c1-9(18)2-7-12(13(16)19)17-14(20)11-5-3-10(8-15)4-6-11/h3-6,12H,2,7H2,1H3,(H2,16,19)(H,17,20)/t12-/m1/s1. The fourth-order valence-electron chi connectivity index (χ4n) is 1.57. The van der Waals surface area contributed by atoms with Crippen LogP contribution in [-0.2, 0) is 9.59 Å². The lowest BCUT2D eigenvalue weighted by Crippen LogP contribution is -2.44. The average Bonchev–Trinajstić information content (AvgIpc) is 2.42. The van der Waals surface area contributed by atoms with Crippen molar-refractivity contribution in [3.05, 3.63) is 35.4 Å². The van der Waals surface area contributed by atoms with Crippen molar-refractivity contribution in [3.63, 3.8) is 0 Å². The number of amides is 2. The largest absolute Gasteiger partial charge is 0.368 e. The highest BCUT2D eigenvalue weighted by Gasteiger charge is 2.19. The van der Waals surface area contributed by atoms with Crippen LogP contribution in [0.2, 0.25) is 0 Å². The van der Waals surface area contributed by atoms with Crippen LogP contribution in [0.3, 0.4) is 0 Å². The minimum absolute atomic E-state index is 0.0797. The van der Waals surface area contributed by atoms with Crippen LogP contribution in [0.5, 0.6) is 0 Å². The Morgan fingerprint density at radius 1 is 1.30 bits per heavy atom. The maximum absolute atomic E-state index is 11.9. The van der Waals surface area contributed by atoms with Gasteiger partial charge in [-0.3, -0.25) is 9.59 Å². The summed E-state index contributed by atoms with van der Waals surface area (Å²) in [5, 5.41) is 11.1. The van der Waals surface area contributed by atoms with Crippen LogP contribution in [0.25, 0.3) is 0 Å². The molecule has 1 aromatic rings. The minimum atomic E-state index is -0.887. The average molecular weight is 273 g/mol. The number of hydrogen-bond acceptors (Lipinski definition) is 4. The van der Waals surface area contributed by atoms with E-state index in [1.165, 1.54) is 31.2 Å². The normalized spacial score (nSPS) is 11.2. The second kappa shape index (κ2) is 7.04. The summed E-state index contributed by atoms with van der Waals surface area (Å²) in [6, 6.07) is 7.03. The zero-order valence-corrected chi connectivity index (χ0v) is 11.1. The van der Waals surface area contributed by atoms with E-state index in [2.05, 4.69) is 5.32 Å². The van der Waals surface area contributed by atoms with Crippen LogP contribution in [0.1, 0.15) is 35.7 Å². The van der Waals surface area contributed by atoms with E-state index < -0.39 is 17.9 Å². The maximum atomic E-state index is 11.9. The first-order chi connectivity index (χ1) is 9.43. The van der Waals surface area contributed by atoms with E-state index in [4.69, 9.17) is 11.0 Å². The van der Waals surface area contributed by atoms with Crippen molar-refractivity contribution in [2.75, 3.05) is 0 Å². The maximum Gasteiger partial charge on any atom is 0.251 e. The van der Waals surface area contributed by atoms with Gasteiger partial charge >= 0.3 is 0 Å². The van der Waals surface area contributed by atoms with E-state index in [1.54, 1.807) is 0 Å². The molecule has 6 heteroatoms. The first-order valence-electron chi connectivity index (χ1n) is 6.04. The molecule has 0 aliphatic heterocycles. The number of nitriles is 1. The highest BCUT2D eigenvalue weighted by molar-refractivity contribution is 5.97. The zero-order chi connectivity index (χ0) is 15.1. The van der Waals surface area contributed by atoms with Crippen molar-refractivity contribution in [1.82, 2.24) is 5.32 Å². The Hall–Kier alpha value is -2.68. The van der Waals surface area contributed by atoms with Gasteiger partial charge in [-0.15, -0.1) is 0 Å². The molecule has 0 fully saturated rings. The molecule has 0 saturated heterocycles. The molecule has 0 aliphatic carbocycles. The molecule has 104 valence electrons. The molecule has 0 radical (unpaired) electrons. The number of carbonyl (C=O) groups is 3. The van der Waals surface area contributed by atoms with Crippen LogP contribution in [0, 0.1) is 11.3 Å². The molecule has 1 atom stereocenters. The van der Waals surface area contributed by atoms with E-state index in [0.717, 1.165) is 0 Å². The number of rotatable bonds is 6. The number of ketones is 1. The number of benzene rings is 1. The number of Topliss-reactive ketones (excluding diaryl/α,β-unsaturated/α-hetero) is 1. The molecule has 0 saturated carbocycles. The van der Waals surface area contributed by atoms with Crippen LogP contribution in [0.15, 0.2) is 24.3 Å². The predicted octanol–water partition coefficient (Wildman–Crippen LogP) is 0.511. The van der Waals surface area contributed by atoms with Gasteiger partial charge in [-0.1, -0.05) is 0 Å². The van der Waals surface area contributed by atoms with Crippen LogP contribution in [-0.4, -0.2) is 23.6 Å². The van der Waals surface area contributed by atoms with E-state index in [9.17, 15) is 14.4 Å². The van der Waals surface area contributed by atoms with Crippen molar-refractivity contribution < 1.29 is 14.4 Å². The lowest BCUT2D eigenvalue weighted by atomic mass is 10.1. The number of nitrogens with two attached hydrogens (primary N) is 1. The highest BCUT2D eigenvalue weighted by Crippen LogP contribution is 2.05. The molecule has 3 N–H and O–H groups in total. The van der Waals surface area contributed by atoms with Gasteiger partial charge in [0.05, 0.1) is 11.6 Å². The van der Waals surface area contributed by atoms with Gasteiger partial charge in [0.25, 0.3) is 5.91 Å². The Bertz CT molecular complexity index is 558. The van der Waals surface area contributed by atoms with Crippen molar-refractivity contribution in [3.8, 4) is 6.07 Å². The molecule has 0 aliphatic rings. The summed E-state index contributed by atoms with van der Waals surface area (Å²) >= 11 is 0. The van der Waals surface area contributed by atoms with Gasteiger partial charge in [0.1, 0.15) is 11.8 Å². The second-order valence-electron chi connectivity index (χ2n) is 4.36. The Morgan fingerprint density at radius 3 is 2.35 bits per heavy atom. The van der Waals surface area contributed by atoms with Crippen molar-refractivity contribution in [2.24, 2.45) is 5.73 Å². The summed E-state index contributed by atoms with van der Waals surface area (Å²) in [5.74, 6) is -1.24. The van der Waals surface area contributed by atoms with Gasteiger partial charge in [-0.2, -0.15) is 5.26 Å². The first kappa shape index (κ1) is 15.4. The molecule has 0 heterocycles. The number of nitrogens with one attached hydrogen (secondary N) is 1. The van der Waals surface area contributed by atoms with Crippen LogP contribution < -0.4 is 11.1 Å². The summed E-state index contributed by atoms with van der Waals surface area (Å²) in [4.78, 5) is 34.1. The van der Waals surface area contributed by atoms with Gasteiger partial charge in [-0.25, -0.2) is 0 Å². The molecule has 0 spiro atoms. The summed E-state index contributed by atoms with van der Waals surface area (Å²) < 4.78 is 0. The number of nitrogens with zero attached hydrogens (tertiary/aromatic N) is 1.